The highest BCUT2D eigenvalue weighted by atomic mass is 16.5. The number of hydrogen-bond donors (Lipinski definition) is 0. The molecule has 0 aromatic carbocycles. The third-order valence-corrected chi connectivity index (χ3v) is 3.72. The second-order valence-electron chi connectivity index (χ2n) is 4.29. The molecule has 0 aromatic rings. The maximum absolute atomic E-state index is 11.8. The van der Waals surface area contributed by atoms with Crippen molar-refractivity contribution in [2.24, 2.45) is 11.3 Å². The van der Waals surface area contributed by atoms with E-state index in [9.17, 15) is 14.4 Å². The van der Waals surface area contributed by atoms with Gasteiger partial charge in [0.05, 0.1) is 13.0 Å². The van der Waals surface area contributed by atoms with E-state index in [1.54, 1.807) is 0 Å². The lowest BCUT2D eigenvalue weighted by molar-refractivity contribution is -0.155. The van der Waals surface area contributed by atoms with Crippen molar-refractivity contribution < 1.29 is 19.1 Å². The second-order valence-corrected chi connectivity index (χ2v) is 4.29. The number of rotatable bonds is 1. The van der Waals surface area contributed by atoms with Gasteiger partial charge in [0.1, 0.15) is 17.0 Å². The fourth-order valence-corrected chi connectivity index (χ4v) is 2.96. The van der Waals surface area contributed by atoms with Crippen molar-refractivity contribution in [1.29, 1.82) is 0 Å². The van der Waals surface area contributed by atoms with Crippen LogP contribution in [0.25, 0.3) is 0 Å². The molecule has 4 heteroatoms. The Morgan fingerprint density at radius 3 is 2.47 bits per heavy atom. The molecule has 2 rings (SSSR count). The average Bonchev–Trinajstić information content (AvgIpc) is 2.79. The zero-order chi connectivity index (χ0) is 11.1. The van der Waals surface area contributed by atoms with Gasteiger partial charge in [0.15, 0.2) is 0 Å². The van der Waals surface area contributed by atoms with Gasteiger partial charge >= 0.3 is 5.97 Å². The summed E-state index contributed by atoms with van der Waals surface area (Å²) in [7, 11) is 1.30. The summed E-state index contributed by atoms with van der Waals surface area (Å²) in [6.45, 7) is 0. The lowest BCUT2D eigenvalue weighted by Crippen LogP contribution is -2.40. The average molecular weight is 210 g/mol. The number of carbonyl (C=O) groups excluding carboxylic acids is 3. The molecule has 2 aliphatic rings. The number of methoxy groups -OCH3 is 1. The minimum absolute atomic E-state index is 0.0552. The van der Waals surface area contributed by atoms with E-state index in [-0.39, 0.29) is 11.6 Å². The molecule has 2 saturated carbocycles. The van der Waals surface area contributed by atoms with Crippen molar-refractivity contribution in [3.63, 3.8) is 0 Å². The summed E-state index contributed by atoms with van der Waals surface area (Å²) in [4.78, 5) is 35.2. The predicted octanol–water partition coefficient (Wildman–Crippen LogP) is 0.878. The molecule has 0 heterocycles. The summed E-state index contributed by atoms with van der Waals surface area (Å²) in [5.74, 6) is -1.04. The molecular formula is C11H14O4. The molecule has 15 heavy (non-hydrogen) atoms. The number of Topliss-reactive ketones (excluding diaryl/α,β-unsaturated/α-hetero) is 2. The van der Waals surface area contributed by atoms with Crippen LogP contribution in [-0.4, -0.2) is 24.6 Å². The molecule has 0 radical (unpaired) electrons. The van der Waals surface area contributed by atoms with Gasteiger partial charge < -0.3 is 4.74 Å². The molecule has 4 nitrogen and oxygen atoms in total. The van der Waals surface area contributed by atoms with Gasteiger partial charge in [-0.05, 0) is 12.8 Å². The summed E-state index contributed by atoms with van der Waals surface area (Å²) in [6, 6.07) is 0. The molecule has 82 valence electrons. The first kappa shape index (κ1) is 10.3. The normalized spacial score (nSPS) is 28.7. The number of ether oxygens (including phenoxy) is 1. The number of carbonyl (C=O) groups is 3. The lowest BCUT2D eigenvalue weighted by Gasteiger charge is -2.25. The Labute approximate surface area is 88.0 Å². The van der Waals surface area contributed by atoms with E-state index in [1.165, 1.54) is 7.11 Å². The maximum Gasteiger partial charge on any atom is 0.310 e. The summed E-state index contributed by atoms with van der Waals surface area (Å²) < 4.78 is 4.67. The Morgan fingerprint density at radius 2 is 1.93 bits per heavy atom. The lowest BCUT2D eigenvalue weighted by atomic mass is 9.75. The zero-order valence-corrected chi connectivity index (χ0v) is 8.75. The number of hydrogen-bond acceptors (Lipinski definition) is 4. The fourth-order valence-electron chi connectivity index (χ4n) is 2.96. The zero-order valence-electron chi connectivity index (χ0n) is 8.75. The van der Waals surface area contributed by atoms with Gasteiger partial charge in [-0.25, -0.2) is 0 Å². The molecule has 0 amide bonds. The molecule has 2 aliphatic carbocycles. The van der Waals surface area contributed by atoms with Crippen LogP contribution in [0.1, 0.15) is 32.1 Å². The highest BCUT2D eigenvalue weighted by Gasteiger charge is 2.59. The third kappa shape index (κ3) is 1.24. The van der Waals surface area contributed by atoms with Gasteiger partial charge in [-0.1, -0.05) is 6.42 Å². The van der Waals surface area contributed by atoms with E-state index in [0.717, 1.165) is 6.42 Å². The van der Waals surface area contributed by atoms with Gasteiger partial charge in [-0.15, -0.1) is 0 Å². The summed E-state index contributed by atoms with van der Waals surface area (Å²) in [5.41, 5.74) is -1.01. The minimum Gasteiger partial charge on any atom is -0.469 e. The summed E-state index contributed by atoms with van der Waals surface area (Å²) in [5, 5.41) is 0. The Kier molecular flexibility index (Phi) is 2.37. The molecule has 1 unspecified atom stereocenters. The molecule has 0 aromatic heterocycles. The Bertz CT molecular complexity index is 315. The standard InChI is InChI=1S/C11H14O4/c1-15-10(14)7-3-2-6-11(7)8(12)4-5-9(11)13/h7H,2-6H2,1H3. The van der Waals surface area contributed by atoms with Crippen molar-refractivity contribution >= 4 is 17.5 Å². The first-order chi connectivity index (χ1) is 7.13. The molecular weight excluding hydrogens is 196 g/mol. The highest BCUT2D eigenvalue weighted by Crippen LogP contribution is 2.50. The van der Waals surface area contributed by atoms with Crippen LogP contribution in [0.3, 0.4) is 0 Å². The SMILES string of the molecule is COC(=O)C1CCCC12C(=O)CCC2=O. The topological polar surface area (TPSA) is 60.4 Å². The molecule has 0 aliphatic heterocycles. The van der Waals surface area contributed by atoms with Gasteiger partial charge in [0.25, 0.3) is 0 Å². The Hall–Kier alpha value is -1.19. The highest BCUT2D eigenvalue weighted by molar-refractivity contribution is 6.15. The first-order valence-electron chi connectivity index (χ1n) is 5.27. The van der Waals surface area contributed by atoms with Crippen LogP contribution < -0.4 is 0 Å². The molecule has 0 saturated heterocycles. The molecule has 0 bridgehead atoms. The van der Waals surface area contributed by atoms with Crippen LogP contribution >= 0.6 is 0 Å². The fraction of sp³-hybridized carbons (Fsp3) is 0.727. The number of ketones is 2. The van der Waals surface area contributed by atoms with Crippen molar-refractivity contribution in [3.8, 4) is 0 Å². The van der Waals surface area contributed by atoms with Gasteiger partial charge in [0, 0.05) is 12.8 Å². The summed E-state index contributed by atoms with van der Waals surface area (Å²) in [6.07, 6.45) is 2.49. The Morgan fingerprint density at radius 1 is 1.33 bits per heavy atom. The smallest absolute Gasteiger partial charge is 0.310 e. The van der Waals surface area contributed by atoms with Crippen molar-refractivity contribution in [1.82, 2.24) is 0 Å². The predicted molar refractivity (Wildman–Crippen MR) is 51.0 cm³/mol. The van der Waals surface area contributed by atoms with Gasteiger partial charge in [0.2, 0.25) is 0 Å². The van der Waals surface area contributed by atoms with Crippen LogP contribution in [0.2, 0.25) is 0 Å². The third-order valence-electron chi connectivity index (χ3n) is 3.72. The number of esters is 1. The van der Waals surface area contributed by atoms with Crippen molar-refractivity contribution in [2.75, 3.05) is 7.11 Å². The van der Waals surface area contributed by atoms with Crippen LogP contribution in [0, 0.1) is 11.3 Å². The van der Waals surface area contributed by atoms with Crippen LogP contribution in [-0.2, 0) is 19.1 Å². The monoisotopic (exact) mass is 210 g/mol. The molecule has 1 atom stereocenters. The van der Waals surface area contributed by atoms with Crippen molar-refractivity contribution in [2.45, 2.75) is 32.1 Å². The molecule has 1 spiro atoms. The van der Waals surface area contributed by atoms with Crippen LogP contribution in [0.15, 0.2) is 0 Å². The molecule has 2 fully saturated rings. The van der Waals surface area contributed by atoms with E-state index in [2.05, 4.69) is 4.74 Å². The van der Waals surface area contributed by atoms with Gasteiger partial charge in [-0.2, -0.15) is 0 Å². The van der Waals surface area contributed by atoms with Crippen LogP contribution in [0.5, 0.6) is 0 Å². The van der Waals surface area contributed by atoms with E-state index in [0.29, 0.717) is 25.7 Å². The molecule has 0 N–H and O–H groups in total. The van der Waals surface area contributed by atoms with E-state index >= 15 is 0 Å². The largest absolute Gasteiger partial charge is 0.469 e. The quantitative estimate of drug-likeness (QED) is 0.476. The van der Waals surface area contributed by atoms with Crippen molar-refractivity contribution in [3.05, 3.63) is 0 Å². The first-order valence-corrected chi connectivity index (χ1v) is 5.27. The van der Waals surface area contributed by atoms with E-state index in [4.69, 9.17) is 0 Å². The summed E-state index contributed by atoms with van der Waals surface area (Å²) >= 11 is 0. The van der Waals surface area contributed by atoms with Gasteiger partial charge in [-0.3, -0.25) is 14.4 Å². The second kappa shape index (κ2) is 3.43. The maximum atomic E-state index is 11.8. The van der Waals surface area contributed by atoms with Crippen LogP contribution in [0.4, 0.5) is 0 Å². The van der Waals surface area contributed by atoms with E-state index < -0.39 is 17.3 Å². The minimum atomic E-state index is -1.01. The van der Waals surface area contributed by atoms with E-state index in [1.807, 2.05) is 0 Å². The Balaban J connectivity index is 2.37.